The molecule has 2 aromatic rings. The van der Waals surface area contributed by atoms with E-state index in [-0.39, 0.29) is 35.7 Å². The maximum Gasteiger partial charge on any atom is 0.256 e. The molecule has 0 aliphatic carbocycles. The van der Waals surface area contributed by atoms with Gasteiger partial charge in [-0.1, -0.05) is 23.2 Å². The van der Waals surface area contributed by atoms with E-state index in [1.807, 2.05) is 0 Å². The quantitative estimate of drug-likeness (QED) is 0.538. The van der Waals surface area contributed by atoms with E-state index in [0.29, 0.717) is 22.3 Å². The summed E-state index contributed by atoms with van der Waals surface area (Å²) in [5.41, 5.74) is 11.8. The van der Waals surface area contributed by atoms with Gasteiger partial charge >= 0.3 is 0 Å². The first-order valence-corrected chi connectivity index (χ1v) is 9.75. The summed E-state index contributed by atoms with van der Waals surface area (Å²) in [5.74, 6) is -1.07. The molecule has 1 unspecified atom stereocenters. The SMILES string of the molecule is NC(=O)c1c(N)ncnc1N(C(=O)CNc1cc(Cl)cc(Cl)c1)C1CCCNC1. The van der Waals surface area contributed by atoms with Crippen LogP contribution in [0.1, 0.15) is 23.2 Å². The Morgan fingerprint density at radius 2 is 1.97 bits per heavy atom. The molecule has 2 amide bonds. The molecule has 1 atom stereocenters. The van der Waals surface area contributed by atoms with E-state index in [0.717, 1.165) is 19.4 Å². The van der Waals surface area contributed by atoms with Crippen LogP contribution < -0.4 is 27.0 Å². The Morgan fingerprint density at radius 1 is 1.24 bits per heavy atom. The fraction of sp³-hybridized carbons (Fsp3) is 0.333. The molecule has 3 rings (SSSR count). The van der Waals surface area contributed by atoms with Gasteiger partial charge in [-0.2, -0.15) is 0 Å². The summed E-state index contributed by atoms with van der Waals surface area (Å²) in [6.07, 6.45) is 2.82. The van der Waals surface area contributed by atoms with Crippen molar-refractivity contribution in [3.8, 4) is 0 Å². The van der Waals surface area contributed by atoms with Gasteiger partial charge in [0.2, 0.25) is 5.91 Å². The number of halogens is 2. The topological polar surface area (TPSA) is 139 Å². The second kappa shape index (κ2) is 9.25. The molecule has 0 bridgehead atoms. The highest BCUT2D eigenvalue weighted by atomic mass is 35.5. The first kappa shape index (κ1) is 21.1. The van der Waals surface area contributed by atoms with Crippen LogP contribution in [0.4, 0.5) is 17.3 Å². The van der Waals surface area contributed by atoms with Crippen molar-refractivity contribution >= 4 is 52.3 Å². The number of hydrogen-bond donors (Lipinski definition) is 4. The summed E-state index contributed by atoms with van der Waals surface area (Å²) in [5, 5.41) is 7.15. The number of nitrogens with one attached hydrogen (secondary N) is 2. The Balaban J connectivity index is 1.90. The van der Waals surface area contributed by atoms with Gasteiger partial charge in [0.1, 0.15) is 17.7 Å². The lowest BCUT2D eigenvalue weighted by Gasteiger charge is -2.34. The average molecular weight is 438 g/mol. The number of primary amides is 1. The summed E-state index contributed by atoms with van der Waals surface area (Å²) in [4.78, 5) is 34.6. The minimum Gasteiger partial charge on any atom is -0.383 e. The largest absolute Gasteiger partial charge is 0.383 e. The molecule has 1 aromatic carbocycles. The maximum absolute atomic E-state index is 13.2. The number of nitrogens with two attached hydrogens (primary N) is 2. The van der Waals surface area contributed by atoms with Gasteiger partial charge < -0.3 is 22.1 Å². The molecule has 29 heavy (non-hydrogen) atoms. The minimum absolute atomic E-state index is 0.0707. The Bertz CT molecular complexity index is 899. The van der Waals surface area contributed by atoms with E-state index in [4.69, 9.17) is 34.7 Å². The van der Waals surface area contributed by atoms with E-state index in [9.17, 15) is 9.59 Å². The number of carbonyl (C=O) groups excluding carboxylic acids is 2. The summed E-state index contributed by atoms with van der Waals surface area (Å²) in [6.45, 7) is 1.33. The number of hydrogen-bond acceptors (Lipinski definition) is 7. The number of carbonyl (C=O) groups is 2. The number of nitrogen functional groups attached to an aromatic ring is 1. The van der Waals surface area contributed by atoms with Crippen molar-refractivity contribution in [2.45, 2.75) is 18.9 Å². The zero-order chi connectivity index (χ0) is 21.0. The van der Waals surface area contributed by atoms with Crippen molar-refractivity contribution in [1.29, 1.82) is 0 Å². The molecular weight excluding hydrogens is 417 g/mol. The van der Waals surface area contributed by atoms with Crippen molar-refractivity contribution in [2.24, 2.45) is 5.73 Å². The predicted molar refractivity (Wildman–Crippen MR) is 113 cm³/mol. The van der Waals surface area contributed by atoms with E-state index in [1.54, 1.807) is 18.2 Å². The lowest BCUT2D eigenvalue weighted by atomic mass is 10.0. The molecule has 1 aliphatic heterocycles. The van der Waals surface area contributed by atoms with Gasteiger partial charge in [-0.25, -0.2) is 9.97 Å². The molecule has 154 valence electrons. The van der Waals surface area contributed by atoms with Gasteiger partial charge in [-0.3, -0.25) is 14.5 Å². The predicted octanol–water partition coefficient (Wildman–Crippen LogP) is 1.66. The molecule has 9 nitrogen and oxygen atoms in total. The lowest BCUT2D eigenvalue weighted by Crippen LogP contribution is -2.51. The van der Waals surface area contributed by atoms with Crippen molar-refractivity contribution in [1.82, 2.24) is 15.3 Å². The zero-order valence-electron chi connectivity index (χ0n) is 15.5. The number of piperidine rings is 1. The first-order chi connectivity index (χ1) is 13.9. The van der Waals surface area contributed by atoms with Gasteiger partial charge in [-0.15, -0.1) is 0 Å². The van der Waals surface area contributed by atoms with Crippen LogP contribution in [0.5, 0.6) is 0 Å². The standard InChI is InChI=1S/C18H21Cl2N7O2/c19-10-4-11(20)6-12(5-10)24-8-14(28)27(13-2-1-3-23-7-13)18-15(17(22)29)16(21)25-9-26-18/h4-6,9,13,23-24H,1-3,7-8H2,(H2,22,29)(H2,21,25,26). The summed E-state index contributed by atoms with van der Waals surface area (Å²) in [7, 11) is 0. The Hall–Kier alpha value is -2.62. The summed E-state index contributed by atoms with van der Waals surface area (Å²) in [6, 6.07) is 4.70. The summed E-state index contributed by atoms with van der Waals surface area (Å²) < 4.78 is 0. The highest BCUT2D eigenvalue weighted by molar-refractivity contribution is 6.35. The molecule has 0 radical (unpaired) electrons. The van der Waals surface area contributed by atoms with Crippen LogP contribution in [-0.2, 0) is 4.79 Å². The van der Waals surface area contributed by atoms with Crippen LogP contribution in [0.3, 0.4) is 0 Å². The Kier molecular flexibility index (Phi) is 6.73. The molecule has 1 fully saturated rings. The zero-order valence-corrected chi connectivity index (χ0v) is 17.0. The normalized spacial score (nSPS) is 16.3. The van der Waals surface area contributed by atoms with Crippen LogP contribution in [0.2, 0.25) is 10.0 Å². The van der Waals surface area contributed by atoms with Crippen molar-refractivity contribution in [3.63, 3.8) is 0 Å². The second-order valence-corrected chi connectivity index (χ2v) is 7.47. The van der Waals surface area contributed by atoms with Crippen LogP contribution in [-0.4, -0.2) is 47.5 Å². The molecule has 6 N–H and O–H groups in total. The average Bonchev–Trinajstić information content (AvgIpc) is 2.66. The highest BCUT2D eigenvalue weighted by Crippen LogP contribution is 2.26. The van der Waals surface area contributed by atoms with Gasteiger partial charge in [0.15, 0.2) is 5.82 Å². The van der Waals surface area contributed by atoms with Crippen molar-refractivity contribution in [2.75, 3.05) is 35.6 Å². The highest BCUT2D eigenvalue weighted by Gasteiger charge is 2.31. The number of nitrogens with zero attached hydrogens (tertiary/aromatic N) is 3. The fourth-order valence-corrected chi connectivity index (χ4v) is 3.80. The van der Waals surface area contributed by atoms with E-state index < -0.39 is 5.91 Å². The van der Waals surface area contributed by atoms with Gasteiger partial charge in [0.05, 0.1) is 12.6 Å². The number of rotatable bonds is 6. The molecule has 0 spiro atoms. The van der Waals surface area contributed by atoms with Crippen molar-refractivity contribution in [3.05, 3.63) is 40.1 Å². The van der Waals surface area contributed by atoms with Gasteiger partial charge in [0, 0.05) is 22.3 Å². The maximum atomic E-state index is 13.2. The Morgan fingerprint density at radius 3 is 2.59 bits per heavy atom. The number of anilines is 3. The molecular formula is C18H21Cl2N7O2. The van der Waals surface area contributed by atoms with Crippen LogP contribution >= 0.6 is 23.2 Å². The number of aromatic nitrogens is 2. The minimum atomic E-state index is -0.797. The third kappa shape index (κ3) is 5.06. The van der Waals surface area contributed by atoms with Gasteiger partial charge in [-0.05, 0) is 37.6 Å². The van der Waals surface area contributed by atoms with E-state index >= 15 is 0 Å². The van der Waals surface area contributed by atoms with E-state index in [1.165, 1.54) is 11.2 Å². The number of amides is 2. The summed E-state index contributed by atoms with van der Waals surface area (Å²) >= 11 is 12.0. The molecule has 0 saturated carbocycles. The van der Waals surface area contributed by atoms with Crippen molar-refractivity contribution < 1.29 is 9.59 Å². The van der Waals surface area contributed by atoms with Gasteiger partial charge in [0.25, 0.3) is 5.91 Å². The van der Waals surface area contributed by atoms with Crippen LogP contribution in [0.15, 0.2) is 24.5 Å². The Labute approximate surface area is 177 Å². The molecule has 2 heterocycles. The smallest absolute Gasteiger partial charge is 0.256 e. The van der Waals surface area contributed by atoms with Crippen LogP contribution in [0.25, 0.3) is 0 Å². The monoisotopic (exact) mass is 437 g/mol. The molecule has 11 heteroatoms. The number of benzene rings is 1. The first-order valence-electron chi connectivity index (χ1n) is 9.00. The lowest BCUT2D eigenvalue weighted by molar-refractivity contribution is -0.117. The molecule has 1 aliphatic rings. The fourth-order valence-electron chi connectivity index (χ4n) is 3.28. The molecule has 1 aromatic heterocycles. The van der Waals surface area contributed by atoms with E-state index in [2.05, 4.69) is 20.6 Å². The third-order valence-corrected chi connectivity index (χ3v) is 4.98. The second-order valence-electron chi connectivity index (χ2n) is 6.60. The van der Waals surface area contributed by atoms with Crippen LogP contribution in [0, 0.1) is 0 Å². The third-order valence-electron chi connectivity index (χ3n) is 4.54. The molecule has 1 saturated heterocycles.